The van der Waals surface area contributed by atoms with Crippen molar-refractivity contribution in [1.29, 1.82) is 0 Å². The van der Waals surface area contributed by atoms with Crippen LogP contribution in [0.1, 0.15) is 46.2 Å². The number of ether oxygens (including phenoxy) is 2. The van der Waals surface area contributed by atoms with Crippen LogP contribution in [0.3, 0.4) is 0 Å². The van der Waals surface area contributed by atoms with Crippen molar-refractivity contribution in [1.82, 2.24) is 24.6 Å². The highest BCUT2D eigenvalue weighted by atomic mass is 31.2. The Bertz CT molecular complexity index is 1330. The normalized spacial score (nSPS) is 22.2. The molecule has 1 aromatic carbocycles. The second-order valence-corrected chi connectivity index (χ2v) is 11.6. The van der Waals surface area contributed by atoms with Gasteiger partial charge in [-0.05, 0) is 46.8 Å². The summed E-state index contributed by atoms with van der Waals surface area (Å²) in [6.07, 6.45) is -0.715. The number of anilines is 1. The molecule has 206 valence electrons. The fourth-order valence-electron chi connectivity index (χ4n) is 3.97. The number of aryl methyl sites for hydroxylation is 1. The van der Waals surface area contributed by atoms with Gasteiger partial charge in [-0.3, -0.25) is 13.9 Å². The average molecular weight is 549 g/mol. The first-order valence-corrected chi connectivity index (χ1v) is 13.7. The average Bonchev–Trinajstić information content (AvgIpc) is 3.42. The standard InChI is InChI=1S/C24H33N6O7P/c1-14(23(32)35-24(3,4)5)29-38(33,36-16-9-7-6-8-10-16)37-17-11-19(34-18(17)12-31)30-13-26-20-21(25)27-15(2)28-22(20)30/h6-10,13-14,17-19,31H,11-12H2,1-5H3,(H,29,33)(H2,25,27,28)/t14-,17+,18+,19+,38?/m0/s1. The Morgan fingerprint density at radius 2 is 2.03 bits per heavy atom. The van der Waals surface area contributed by atoms with Crippen LogP contribution in [0.2, 0.25) is 0 Å². The number of aliphatic hydroxyl groups excluding tert-OH is 1. The molecular weight excluding hydrogens is 515 g/mol. The van der Waals surface area contributed by atoms with Gasteiger partial charge in [0.25, 0.3) is 0 Å². The molecule has 14 heteroatoms. The summed E-state index contributed by atoms with van der Waals surface area (Å²) >= 11 is 0. The number of aliphatic hydroxyl groups is 1. The van der Waals surface area contributed by atoms with Crippen molar-refractivity contribution in [2.24, 2.45) is 0 Å². The SMILES string of the molecule is Cc1nc(N)c2ncn([C@H]3C[C@@H](OP(=O)(N[C@@H](C)C(=O)OC(C)(C)C)Oc4ccccc4)[C@@H](CO)O3)c2n1. The summed E-state index contributed by atoms with van der Waals surface area (Å²) < 4.78 is 38.8. The summed E-state index contributed by atoms with van der Waals surface area (Å²) in [5, 5.41) is 12.7. The third kappa shape index (κ3) is 6.48. The molecule has 0 saturated carbocycles. The van der Waals surface area contributed by atoms with Gasteiger partial charge >= 0.3 is 13.7 Å². The first-order valence-electron chi connectivity index (χ1n) is 12.1. The molecule has 0 spiro atoms. The molecular formula is C24H33N6O7P. The van der Waals surface area contributed by atoms with E-state index in [1.807, 2.05) is 0 Å². The number of aromatic nitrogens is 4. The van der Waals surface area contributed by atoms with Gasteiger partial charge in [0.15, 0.2) is 11.5 Å². The van der Waals surface area contributed by atoms with Gasteiger partial charge in [-0.2, -0.15) is 5.09 Å². The number of fused-ring (bicyclic) bond motifs is 1. The van der Waals surface area contributed by atoms with E-state index in [4.69, 9.17) is 24.3 Å². The van der Waals surface area contributed by atoms with Gasteiger partial charge in [0, 0.05) is 6.42 Å². The van der Waals surface area contributed by atoms with E-state index in [0.717, 1.165) is 0 Å². The van der Waals surface area contributed by atoms with E-state index in [9.17, 15) is 14.5 Å². The zero-order chi connectivity index (χ0) is 27.7. The summed E-state index contributed by atoms with van der Waals surface area (Å²) in [6.45, 7) is 7.98. The molecule has 0 radical (unpaired) electrons. The predicted octanol–water partition coefficient (Wildman–Crippen LogP) is 2.89. The number of para-hydroxylation sites is 1. The number of carbonyl (C=O) groups is 1. The molecule has 0 bridgehead atoms. The summed E-state index contributed by atoms with van der Waals surface area (Å²) in [5.41, 5.74) is 6.11. The van der Waals surface area contributed by atoms with Gasteiger partial charge in [0.05, 0.1) is 12.9 Å². The number of nitrogens with zero attached hydrogens (tertiary/aromatic N) is 4. The molecule has 4 rings (SSSR count). The van der Waals surface area contributed by atoms with Gasteiger partial charge in [-0.1, -0.05) is 18.2 Å². The molecule has 1 saturated heterocycles. The minimum atomic E-state index is -4.20. The van der Waals surface area contributed by atoms with E-state index in [0.29, 0.717) is 17.0 Å². The minimum Gasteiger partial charge on any atom is -0.459 e. The van der Waals surface area contributed by atoms with Crippen LogP contribution in [-0.4, -0.2) is 61.1 Å². The maximum Gasteiger partial charge on any atom is 0.459 e. The molecule has 1 aliphatic heterocycles. The lowest BCUT2D eigenvalue weighted by Crippen LogP contribution is -2.40. The highest BCUT2D eigenvalue weighted by molar-refractivity contribution is 7.52. The second-order valence-electron chi connectivity index (χ2n) is 9.96. The molecule has 3 heterocycles. The number of hydrogen-bond donors (Lipinski definition) is 3. The Morgan fingerprint density at radius 3 is 2.68 bits per heavy atom. The smallest absolute Gasteiger partial charge is 0.459 e. The molecule has 5 atom stereocenters. The fraction of sp³-hybridized carbons (Fsp3) is 0.500. The highest BCUT2D eigenvalue weighted by Crippen LogP contribution is 2.49. The number of esters is 1. The Morgan fingerprint density at radius 1 is 1.32 bits per heavy atom. The maximum absolute atomic E-state index is 14.0. The van der Waals surface area contributed by atoms with Crippen molar-refractivity contribution < 1.29 is 33.0 Å². The lowest BCUT2D eigenvalue weighted by Gasteiger charge is -2.28. The van der Waals surface area contributed by atoms with E-state index in [-0.39, 0.29) is 18.0 Å². The van der Waals surface area contributed by atoms with Crippen molar-refractivity contribution in [3.63, 3.8) is 0 Å². The Kier molecular flexibility index (Phi) is 8.05. The molecule has 3 aromatic rings. The summed E-state index contributed by atoms with van der Waals surface area (Å²) in [6, 6.07) is 7.38. The number of nitrogens with one attached hydrogen (secondary N) is 1. The van der Waals surface area contributed by atoms with Gasteiger partial charge < -0.3 is 24.8 Å². The van der Waals surface area contributed by atoms with E-state index in [1.165, 1.54) is 13.3 Å². The van der Waals surface area contributed by atoms with Gasteiger partial charge in [-0.25, -0.2) is 19.5 Å². The second kappa shape index (κ2) is 11.0. The monoisotopic (exact) mass is 548 g/mol. The number of benzene rings is 1. The lowest BCUT2D eigenvalue weighted by molar-refractivity contribution is -0.156. The summed E-state index contributed by atoms with van der Waals surface area (Å²) in [5.74, 6) is 0.327. The van der Waals surface area contributed by atoms with Crippen LogP contribution in [0.15, 0.2) is 36.7 Å². The molecule has 1 unspecified atom stereocenters. The van der Waals surface area contributed by atoms with Crippen LogP contribution in [0.5, 0.6) is 5.75 Å². The van der Waals surface area contributed by atoms with Crippen LogP contribution in [-0.2, 0) is 23.4 Å². The van der Waals surface area contributed by atoms with Crippen LogP contribution < -0.4 is 15.3 Å². The molecule has 38 heavy (non-hydrogen) atoms. The van der Waals surface area contributed by atoms with Crippen LogP contribution in [0, 0.1) is 6.92 Å². The first-order chi connectivity index (χ1) is 17.9. The Hall–Kier alpha value is -3.09. The summed E-state index contributed by atoms with van der Waals surface area (Å²) in [7, 11) is -4.20. The number of hydrogen-bond acceptors (Lipinski definition) is 11. The zero-order valence-corrected chi connectivity index (χ0v) is 22.8. The number of rotatable bonds is 9. The van der Waals surface area contributed by atoms with E-state index in [2.05, 4.69) is 20.0 Å². The van der Waals surface area contributed by atoms with Crippen LogP contribution in [0.4, 0.5) is 5.82 Å². The van der Waals surface area contributed by atoms with Crippen LogP contribution in [0.25, 0.3) is 11.2 Å². The van der Waals surface area contributed by atoms with Crippen molar-refractivity contribution in [2.75, 3.05) is 12.3 Å². The predicted molar refractivity (Wildman–Crippen MR) is 138 cm³/mol. The third-order valence-corrected chi connectivity index (χ3v) is 7.29. The van der Waals surface area contributed by atoms with Gasteiger partial charge in [0.2, 0.25) is 0 Å². The van der Waals surface area contributed by atoms with Crippen molar-refractivity contribution in [3.8, 4) is 5.75 Å². The summed E-state index contributed by atoms with van der Waals surface area (Å²) in [4.78, 5) is 25.4. The van der Waals surface area contributed by atoms with Crippen LogP contribution >= 0.6 is 7.75 Å². The van der Waals surface area contributed by atoms with E-state index < -0.39 is 50.4 Å². The number of carbonyl (C=O) groups excluding carboxylic acids is 1. The topological polar surface area (TPSA) is 173 Å². The van der Waals surface area contributed by atoms with Gasteiger partial charge in [-0.15, -0.1) is 0 Å². The molecule has 0 aliphatic carbocycles. The van der Waals surface area contributed by atoms with E-state index in [1.54, 1.807) is 62.6 Å². The lowest BCUT2D eigenvalue weighted by atomic mass is 10.2. The molecule has 13 nitrogen and oxygen atoms in total. The molecule has 1 aliphatic rings. The highest BCUT2D eigenvalue weighted by Gasteiger charge is 2.44. The Balaban J connectivity index is 1.58. The number of nitrogens with two attached hydrogens (primary N) is 1. The largest absolute Gasteiger partial charge is 0.459 e. The maximum atomic E-state index is 14.0. The van der Waals surface area contributed by atoms with E-state index >= 15 is 0 Å². The van der Waals surface area contributed by atoms with Crippen molar-refractivity contribution >= 4 is 30.7 Å². The first kappa shape index (κ1) is 27.9. The number of nitrogen functional groups attached to an aromatic ring is 1. The molecule has 4 N–H and O–H groups in total. The zero-order valence-electron chi connectivity index (χ0n) is 21.9. The van der Waals surface area contributed by atoms with Crippen molar-refractivity contribution in [3.05, 3.63) is 42.5 Å². The Labute approximate surface area is 220 Å². The molecule has 1 fully saturated rings. The quantitative estimate of drug-likeness (QED) is 0.264. The molecule has 0 amide bonds. The fourth-order valence-corrected chi connectivity index (χ4v) is 5.68. The number of imidazole rings is 1. The van der Waals surface area contributed by atoms with Crippen molar-refractivity contribution in [2.45, 2.75) is 71.1 Å². The minimum absolute atomic E-state index is 0.171. The third-order valence-electron chi connectivity index (χ3n) is 5.59. The molecule has 2 aromatic heterocycles. The van der Waals surface area contributed by atoms with Gasteiger partial charge in [0.1, 0.15) is 47.2 Å².